The van der Waals surface area contributed by atoms with Crippen molar-refractivity contribution in [3.8, 4) is 6.07 Å². The van der Waals surface area contributed by atoms with Gasteiger partial charge in [0.25, 0.3) is 5.91 Å². The van der Waals surface area contributed by atoms with Gasteiger partial charge in [-0.2, -0.15) is 5.26 Å². The molecule has 0 radical (unpaired) electrons. The van der Waals surface area contributed by atoms with Crippen molar-refractivity contribution in [2.24, 2.45) is 0 Å². The summed E-state index contributed by atoms with van der Waals surface area (Å²) in [5.41, 5.74) is 1.99. The first kappa shape index (κ1) is 12.6. The van der Waals surface area contributed by atoms with Crippen LogP contribution in [-0.2, 0) is 0 Å². The van der Waals surface area contributed by atoms with E-state index in [1.165, 1.54) is 0 Å². The fraction of sp³-hybridized carbons (Fsp3) is 0.429. The van der Waals surface area contributed by atoms with E-state index >= 15 is 0 Å². The molecule has 1 saturated heterocycles. The molecule has 1 atom stereocenters. The minimum atomic E-state index is -0.0625. The number of nitriles is 1. The molecule has 1 N–H and O–H groups in total. The van der Waals surface area contributed by atoms with Crippen molar-refractivity contribution in [1.29, 1.82) is 5.26 Å². The molecule has 4 heteroatoms. The first-order chi connectivity index (χ1) is 8.67. The molecule has 18 heavy (non-hydrogen) atoms. The highest BCUT2D eigenvalue weighted by Crippen LogP contribution is 2.21. The molecule has 94 valence electrons. The van der Waals surface area contributed by atoms with Gasteiger partial charge >= 0.3 is 0 Å². The molecule has 1 aliphatic heterocycles. The van der Waals surface area contributed by atoms with Crippen LogP contribution in [0.2, 0.25) is 0 Å². The van der Waals surface area contributed by atoms with E-state index in [-0.39, 0.29) is 18.6 Å². The van der Waals surface area contributed by atoms with Crippen LogP contribution in [0, 0.1) is 18.3 Å². The van der Waals surface area contributed by atoms with Crippen LogP contribution in [0.5, 0.6) is 0 Å². The second kappa shape index (κ2) is 5.19. The summed E-state index contributed by atoms with van der Waals surface area (Å²) in [6.45, 7) is 2.54. The number of aryl methyl sites for hydroxylation is 1. The summed E-state index contributed by atoms with van der Waals surface area (Å²) in [5.74, 6) is -0.0476. The molecule has 1 aromatic rings. The predicted octanol–water partition coefficient (Wildman–Crippen LogP) is 1.46. The van der Waals surface area contributed by atoms with E-state index in [4.69, 9.17) is 5.26 Å². The number of carbonyl (C=O) groups excluding carboxylic acids is 1. The Morgan fingerprint density at radius 3 is 3.00 bits per heavy atom. The van der Waals surface area contributed by atoms with E-state index in [2.05, 4.69) is 6.07 Å². The maximum Gasteiger partial charge on any atom is 0.254 e. The van der Waals surface area contributed by atoms with Gasteiger partial charge in [0.2, 0.25) is 0 Å². The molecule has 2 rings (SSSR count). The van der Waals surface area contributed by atoms with Crippen molar-refractivity contribution >= 4 is 5.91 Å². The molecule has 1 unspecified atom stereocenters. The maximum absolute atomic E-state index is 12.4. The summed E-state index contributed by atoms with van der Waals surface area (Å²) in [6, 6.07) is 7.07. The Morgan fingerprint density at radius 2 is 2.39 bits per heavy atom. The first-order valence-corrected chi connectivity index (χ1v) is 6.10. The highest BCUT2D eigenvalue weighted by Gasteiger charge is 2.29. The number of benzene rings is 1. The van der Waals surface area contributed by atoms with Gasteiger partial charge in [-0.1, -0.05) is 0 Å². The van der Waals surface area contributed by atoms with Crippen molar-refractivity contribution < 1.29 is 9.90 Å². The molecular weight excluding hydrogens is 228 g/mol. The number of rotatable bonds is 2. The highest BCUT2D eigenvalue weighted by atomic mass is 16.3. The van der Waals surface area contributed by atoms with Crippen molar-refractivity contribution in [3.63, 3.8) is 0 Å². The fourth-order valence-electron chi connectivity index (χ4n) is 2.42. The van der Waals surface area contributed by atoms with Crippen LogP contribution < -0.4 is 0 Å². The zero-order valence-corrected chi connectivity index (χ0v) is 10.4. The SMILES string of the molecule is Cc1cc(C#N)ccc1C(=O)N1CCCC1CO. The lowest BCUT2D eigenvalue weighted by Crippen LogP contribution is -2.37. The lowest BCUT2D eigenvalue weighted by Gasteiger charge is -2.23. The van der Waals surface area contributed by atoms with Crippen molar-refractivity contribution in [2.75, 3.05) is 13.2 Å². The number of nitrogens with zero attached hydrogens (tertiary/aromatic N) is 2. The lowest BCUT2D eigenvalue weighted by molar-refractivity contribution is 0.0677. The molecule has 1 heterocycles. The van der Waals surface area contributed by atoms with Crippen LogP contribution in [0.15, 0.2) is 18.2 Å². The molecule has 0 bridgehead atoms. The molecule has 1 aromatic carbocycles. The van der Waals surface area contributed by atoms with Gasteiger partial charge in [0.05, 0.1) is 24.3 Å². The van der Waals surface area contributed by atoms with Crippen LogP contribution >= 0.6 is 0 Å². The van der Waals surface area contributed by atoms with Crippen LogP contribution in [0.4, 0.5) is 0 Å². The predicted molar refractivity (Wildman–Crippen MR) is 67.0 cm³/mol. The van der Waals surface area contributed by atoms with Crippen molar-refractivity contribution in [1.82, 2.24) is 4.90 Å². The summed E-state index contributed by atoms with van der Waals surface area (Å²) in [5, 5.41) is 18.1. The Hall–Kier alpha value is -1.86. The van der Waals surface area contributed by atoms with Gasteiger partial charge in [-0.15, -0.1) is 0 Å². The second-order valence-electron chi connectivity index (χ2n) is 4.62. The summed E-state index contributed by atoms with van der Waals surface area (Å²) in [7, 11) is 0. The van der Waals surface area contributed by atoms with E-state index in [1.807, 2.05) is 6.92 Å². The van der Waals surface area contributed by atoms with E-state index < -0.39 is 0 Å². The van der Waals surface area contributed by atoms with Crippen LogP contribution in [0.1, 0.15) is 34.3 Å². The zero-order chi connectivity index (χ0) is 13.1. The number of aliphatic hydroxyl groups is 1. The Bertz CT molecular complexity index is 505. The third-order valence-electron chi connectivity index (χ3n) is 3.43. The molecule has 1 aliphatic rings. The Labute approximate surface area is 106 Å². The van der Waals surface area contributed by atoms with Gasteiger partial charge in [-0.05, 0) is 43.5 Å². The molecule has 0 aliphatic carbocycles. The molecule has 0 spiro atoms. The highest BCUT2D eigenvalue weighted by molar-refractivity contribution is 5.96. The molecular formula is C14H16N2O2. The van der Waals surface area contributed by atoms with Gasteiger partial charge in [0, 0.05) is 12.1 Å². The van der Waals surface area contributed by atoms with Crippen LogP contribution in [0.3, 0.4) is 0 Å². The first-order valence-electron chi connectivity index (χ1n) is 6.10. The Balaban J connectivity index is 2.26. The number of aliphatic hydroxyl groups excluding tert-OH is 1. The number of hydrogen-bond donors (Lipinski definition) is 1. The normalized spacial score (nSPS) is 18.7. The minimum absolute atomic E-state index is 0.0149. The second-order valence-corrected chi connectivity index (χ2v) is 4.62. The number of likely N-dealkylation sites (tertiary alicyclic amines) is 1. The average molecular weight is 244 g/mol. The third kappa shape index (κ3) is 2.22. The minimum Gasteiger partial charge on any atom is -0.394 e. The van der Waals surface area contributed by atoms with Crippen molar-refractivity contribution in [2.45, 2.75) is 25.8 Å². The molecule has 1 amide bonds. The summed E-state index contributed by atoms with van der Waals surface area (Å²) >= 11 is 0. The smallest absolute Gasteiger partial charge is 0.254 e. The number of carbonyl (C=O) groups is 1. The Kier molecular flexibility index (Phi) is 3.63. The van der Waals surface area contributed by atoms with Crippen LogP contribution in [0.25, 0.3) is 0 Å². The third-order valence-corrected chi connectivity index (χ3v) is 3.43. The van der Waals surface area contributed by atoms with Crippen LogP contribution in [-0.4, -0.2) is 35.1 Å². The fourth-order valence-corrected chi connectivity index (χ4v) is 2.42. The maximum atomic E-state index is 12.4. The lowest BCUT2D eigenvalue weighted by atomic mass is 10.0. The summed E-state index contributed by atoms with van der Waals surface area (Å²) in [6.07, 6.45) is 1.80. The Morgan fingerprint density at radius 1 is 1.61 bits per heavy atom. The monoisotopic (exact) mass is 244 g/mol. The molecule has 4 nitrogen and oxygen atoms in total. The molecule has 0 saturated carbocycles. The number of amides is 1. The number of hydrogen-bond acceptors (Lipinski definition) is 3. The van der Waals surface area contributed by atoms with Gasteiger partial charge in [-0.25, -0.2) is 0 Å². The van der Waals surface area contributed by atoms with Gasteiger partial charge in [-0.3, -0.25) is 4.79 Å². The van der Waals surface area contributed by atoms with E-state index in [1.54, 1.807) is 23.1 Å². The average Bonchev–Trinajstić information content (AvgIpc) is 2.86. The van der Waals surface area contributed by atoms with Crippen molar-refractivity contribution in [3.05, 3.63) is 34.9 Å². The topological polar surface area (TPSA) is 64.3 Å². The van der Waals surface area contributed by atoms with Gasteiger partial charge in [0.15, 0.2) is 0 Å². The molecule has 1 fully saturated rings. The van der Waals surface area contributed by atoms with E-state index in [0.717, 1.165) is 18.4 Å². The van der Waals surface area contributed by atoms with E-state index in [9.17, 15) is 9.90 Å². The summed E-state index contributed by atoms with van der Waals surface area (Å²) in [4.78, 5) is 14.1. The summed E-state index contributed by atoms with van der Waals surface area (Å²) < 4.78 is 0. The molecule has 0 aromatic heterocycles. The quantitative estimate of drug-likeness (QED) is 0.856. The van der Waals surface area contributed by atoms with Gasteiger partial charge < -0.3 is 10.0 Å². The zero-order valence-electron chi connectivity index (χ0n) is 10.4. The largest absolute Gasteiger partial charge is 0.394 e. The van der Waals surface area contributed by atoms with Gasteiger partial charge in [0.1, 0.15) is 0 Å². The van der Waals surface area contributed by atoms with E-state index in [0.29, 0.717) is 17.7 Å². The standard InChI is InChI=1S/C14H16N2O2/c1-10-7-11(8-15)4-5-13(10)14(18)16-6-2-3-12(16)9-17/h4-5,7,12,17H,2-3,6,9H2,1H3.